The topological polar surface area (TPSA) is 46.6 Å². The number of esters is 1. The molecule has 3 rings (SSSR count). The van der Waals surface area contributed by atoms with Crippen LogP contribution in [-0.2, 0) is 9.59 Å². The van der Waals surface area contributed by atoms with Crippen LogP contribution >= 0.6 is 0 Å². The van der Waals surface area contributed by atoms with E-state index < -0.39 is 5.92 Å². The molecule has 1 atom stereocenters. The SMILES string of the molecule is Cc1ccc(N2C[C@@H](C(=O)Oc3cc(C)cc(C)c3)CC2=O)cc1. The zero-order valence-electron chi connectivity index (χ0n) is 14.2. The molecule has 1 aliphatic rings. The molecule has 0 aliphatic carbocycles. The average Bonchev–Trinajstić information content (AvgIpc) is 2.89. The number of amides is 1. The fourth-order valence-corrected chi connectivity index (χ4v) is 3.03. The fraction of sp³-hybridized carbons (Fsp3) is 0.300. The van der Waals surface area contributed by atoms with E-state index in [4.69, 9.17) is 4.74 Å². The van der Waals surface area contributed by atoms with Crippen molar-refractivity contribution in [2.45, 2.75) is 27.2 Å². The Kier molecular flexibility index (Phi) is 4.38. The number of hydrogen-bond donors (Lipinski definition) is 0. The third-order valence-electron chi connectivity index (χ3n) is 4.22. The number of ether oxygens (including phenoxy) is 1. The minimum absolute atomic E-state index is 0.0405. The van der Waals surface area contributed by atoms with Crippen molar-refractivity contribution in [3.05, 3.63) is 59.2 Å². The summed E-state index contributed by atoms with van der Waals surface area (Å²) in [6.07, 6.45) is 0.192. The van der Waals surface area contributed by atoms with E-state index in [2.05, 4.69) is 0 Å². The second-order valence-electron chi connectivity index (χ2n) is 6.49. The largest absolute Gasteiger partial charge is 0.426 e. The van der Waals surface area contributed by atoms with Gasteiger partial charge in [-0.1, -0.05) is 23.8 Å². The van der Waals surface area contributed by atoms with E-state index in [-0.39, 0.29) is 18.3 Å². The maximum Gasteiger partial charge on any atom is 0.316 e. The van der Waals surface area contributed by atoms with E-state index in [0.29, 0.717) is 12.3 Å². The number of carbonyl (C=O) groups is 2. The van der Waals surface area contributed by atoms with Crippen molar-refractivity contribution in [3.8, 4) is 5.75 Å². The van der Waals surface area contributed by atoms with E-state index >= 15 is 0 Å². The number of aryl methyl sites for hydroxylation is 3. The summed E-state index contributed by atoms with van der Waals surface area (Å²) in [5.74, 6) is -0.275. The molecular formula is C20H21NO3. The summed E-state index contributed by atoms with van der Waals surface area (Å²) in [5, 5.41) is 0. The van der Waals surface area contributed by atoms with E-state index in [9.17, 15) is 9.59 Å². The van der Waals surface area contributed by atoms with Gasteiger partial charge in [0.25, 0.3) is 0 Å². The molecular weight excluding hydrogens is 302 g/mol. The second kappa shape index (κ2) is 6.48. The molecule has 0 unspecified atom stereocenters. The second-order valence-corrected chi connectivity index (χ2v) is 6.49. The van der Waals surface area contributed by atoms with Crippen LogP contribution in [-0.4, -0.2) is 18.4 Å². The van der Waals surface area contributed by atoms with Crippen molar-refractivity contribution in [1.82, 2.24) is 0 Å². The summed E-state index contributed by atoms with van der Waals surface area (Å²) in [6, 6.07) is 13.4. The molecule has 0 spiro atoms. The van der Waals surface area contributed by atoms with Gasteiger partial charge in [-0.05, 0) is 56.2 Å². The molecule has 0 saturated carbocycles. The van der Waals surface area contributed by atoms with E-state index in [1.807, 2.05) is 63.2 Å². The first-order chi connectivity index (χ1) is 11.4. The van der Waals surface area contributed by atoms with Gasteiger partial charge in [0.1, 0.15) is 5.75 Å². The molecule has 4 heteroatoms. The number of anilines is 1. The highest BCUT2D eigenvalue weighted by Crippen LogP contribution is 2.27. The Morgan fingerprint density at radius 3 is 2.25 bits per heavy atom. The molecule has 1 fully saturated rings. The molecule has 4 nitrogen and oxygen atoms in total. The first-order valence-electron chi connectivity index (χ1n) is 8.09. The standard InChI is InChI=1S/C20H21NO3/c1-13-4-6-17(7-5-13)21-12-16(11-19(21)22)20(23)24-18-9-14(2)8-15(3)10-18/h4-10,16H,11-12H2,1-3H3/t16-/m0/s1. The molecule has 124 valence electrons. The Bertz CT molecular complexity index is 760. The van der Waals surface area contributed by atoms with Gasteiger partial charge in [-0.2, -0.15) is 0 Å². The predicted molar refractivity (Wildman–Crippen MR) is 93.2 cm³/mol. The molecule has 1 amide bonds. The van der Waals surface area contributed by atoms with Crippen LogP contribution in [0.5, 0.6) is 5.75 Å². The van der Waals surface area contributed by atoms with Crippen LogP contribution in [0.2, 0.25) is 0 Å². The van der Waals surface area contributed by atoms with Gasteiger partial charge in [-0.3, -0.25) is 9.59 Å². The highest BCUT2D eigenvalue weighted by molar-refractivity contribution is 5.99. The molecule has 0 aromatic heterocycles. The molecule has 0 bridgehead atoms. The summed E-state index contributed by atoms with van der Waals surface area (Å²) in [4.78, 5) is 26.3. The van der Waals surface area contributed by atoms with E-state index in [1.54, 1.807) is 4.90 Å². The minimum Gasteiger partial charge on any atom is -0.426 e. The molecule has 1 saturated heterocycles. The van der Waals surface area contributed by atoms with Gasteiger partial charge in [0.05, 0.1) is 5.92 Å². The van der Waals surface area contributed by atoms with Crippen LogP contribution in [0.4, 0.5) is 5.69 Å². The van der Waals surface area contributed by atoms with Crippen molar-refractivity contribution in [3.63, 3.8) is 0 Å². The molecule has 0 N–H and O–H groups in total. The molecule has 0 radical (unpaired) electrons. The van der Waals surface area contributed by atoms with Gasteiger partial charge >= 0.3 is 5.97 Å². The quantitative estimate of drug-likeness (QED) is 0.641. The Morgan fingerprint density at radius 2 is 1.62 bits per heavy atom. The number of hydrogen-bond acceptors (Lipinski definition) is 3. The zero-order valence-corrected chi connectivity index (χ0v) is 14.2. The maximum atomic E-state index is 12.4. The van der Waals surface area contributed by atoms with Gasteiger partial charge in [0.2, 0.25) is 5.91 Å². The Morgan fingerprint density at radius 1 is 1.00 bits per heavy atom. The van der Waals surface area contributed by atoms with Crippen LogP contribution in [0.3, 0.4) is 0 Å². The Labute approximate surface area is 142 Å². The lowest BCUT2D eigenvalue weighted by Gasteiger charge is -2.16. The summed E-state index contributed by atoms with van der Waals surface area (Å²) < 4.78 is 5.49. The van der Waals surface area contributed by atoms with Gasteiger partial charge in [-0.15, -0.1) is 0 Å². The summed E-state index contributed by atoms with van der Waals surface area (Å²) in [7, 11) is 0. The molecule has 24 heavy (non-hydrogen) atoms. The number of nitrogens with zero attached hydrogens (tertiary/aromatic N) is 1. The van der Waals surface area contributed by atoms with Crippen molar-refractivity contribution >= 4 is 17.6 Å². The maximum absolute atomic E-state index is 12.4. The van der Waals surface area contributed by atoms with E-state index in [0.717, 1.165) is 22.4 Å². The van der Waals surface area contributed by atoms with Crippen LogP contribution in [0.15, 0.2) is 42.5 Å². The van der Waals surface area contributed by atoms with E-state index in [1.165, 1.54) is 0 Å². The van der Waals surface area contributed by atoms with Crippen LogP contribution in [0, 0.1) is 26.7 Å². The number of carbonyl (C=O) groups excluding carboxylic acids is 2. The van der Waals surface area contributed by atoms with Crippen molar-refractivity contribution in [2.75, 3.05) is 11.4 Å². The molecule has 1 heterocycles. The average molecular weight is 323 g/mol. The third-order valence-corrected chi connectivity index (χ3v) is 4.22. The smallest absolute Gasteiger partial charge is 0.316 e. The molecule has 2 aromatic rings. The van der Waals surface area contributed by atoms with Crippen LogP contribution in [0.25, 0.3) is 0 Å². The highest BCUT2D eigenvalue weighted by Gasteiger charge is 2.36. The predicted octanol–water partition coefficient (Wildman–Crippen LogP) is 3.57. The molecule has 1 aliphatic heterocycles. The zero-order chi connectivity index (χ0) is 17.3. The first-order valence-corrected chi connectivity index (χ1v) is 8.09. The first kappa shape index (κ1) is 16.2. The van der Waals surface area contributed by atoms with Crippen LogP contribution < -0.4 is 9.64 Å². The van der Waals surface area contributed by atoms with Crippen molar-refractivity contribution < 1.29 is 14.3 Å². The third kappa shape index (κ3) is 3.48. The minimum atomic E-state index is -0.431. The lowest BCUT2D eigenvalue weighted by molar-refractivity contribution is -0.139. The summed E-state index contributed by atoms with van der Waals surface area (Å²) in [5.41, 5.74) is 4.05. The van der Waals surface area contributed by atoms with Gasteiger partial charge in [0, 0.05) is 18.7 Å². The Hall–Kier alpha value is -2.62. The van der Waals surface area contributed by atoms with Crippen molar-refractivity contribution in [2.24, 2.45) is 5.92 Å². The summed E-state index contributed by atoms with van der Waals surface area (Å²) in [6.45, 7) is 6.29. The van der Waals surface area contributed by atoms with Gasteiger partial charge in [-0.25, -0.2) is 0 Å². The number of rotatable bonds is 3. The molecule has 2 aromatic carbocycles. The number of benzene rings is 2. The van der Waals surface area contributed by atoms with Gasteiger partial charge in [0.15, 0.2) is 0 Å². The highest BCUT2D eigenvalue weighted by atomic mass is 16.5. The monoisotopic (exact) mass is 323 g/mol. The normalized spacial score (nSPS) is 17.2. The Balaban J connectivity index is 1.70. The van der Waals surface area contributed by atoms with Crippen molar-refractivity contribution in [1.29, 1.82) is 0 Å². The lowest BCUT2D eigenvalue weighted by atomic mass is 10.1. The lowest BCUT2D eigenvalue weighted by Crippen LogP contribution is -2.27. The fourth-order valence-electron chi connectivity index (χ4n) is 3.03. The summed E-state index contributed by atoms with van der Waals surface area (Å²) >= 11 is 0. The van der Waals surface area contributed by atoms with Gasteiger partial charge < -0.3 is 9.64 Å². The van der Waals surface area contributed by atoms with Crippen LogP contribution in [0.1, 0.15) is 23.1 Å².